The quantitative estimate of drug-likeness (QED) is 0.777. The Labute approximate surface area is 104 Å². The van der Waals surface area contributed by atoms with Crippen LogP contribution in [0.25, 0.3) is 10.8 Å². The van der Waals surface area contributed by atoms with Crippen molar-refractivity contribution in [3.63, 3.8) is 0 Å². The first-order valence-corrected chi connectivity index (χ1v) is 5.08. The van der Waals surface area contributed by atoms with Crippen LogP contribution in [0.15, 0.2) is 36.4 Å². The molecule has 2 aromatic rings. The predicted molar refractivity (Wildman–Crippen MR) is 57.3 cm³/mol. The van der Waals surface area contributed by atoms with Crippen LogP contribution in [0.5, 0.6) is 11.5 Å². The Morgan fingerprint density at radius 2 is 1.74 bits per heavy atom. The molecular formula is C12H7F5O2. The third-order valence-corrected chi connectivity index (χ3v) is 2.26. The molecule has 0 radical (unpaired) electrons. The minimum Gasteiger partial charge on any atom is -0.435 e. The van der Waals surface area contributed by atoms with Crippen LogP contribution in [0.4, 0.5) is 22.0 Å². The van der Waals surface area contributed by atoms with E-state index >= 15 is 0 Å². The monoisotopic (exact) mass is 278 g/mol. The van der Waals surface area contributed by atoms with Gasteiger partial charge in [0.15, 0.2) is 0 Å². The van der Waals surface area contributed by atoms with Crippen LogP contribution in [-0.4, -0.2) is 13.0 Å². The van der Waals surface area contributed by atoms with Gasteiger partial charge in [0.05, 0.1) is 0 Å². The zero-order valence-electron chi connectivity index (χ0n) is 9.25. The smallest absolute Gasteiger partial charge is 0.435 e. The Hall–Kier alpha value is -2.05. The van der Waals surface area contributed by atoms with E-state index in [1.54, 1.807) is 0 Å². The summed E-state index contributed by atoms with van der Waals surface area (Å²) >= 11 is 0. The maximum Gasteiger partial charge on any atom is 0.573 e. The lowest BCUT2D eigenvalue weighted by Crippen LogP contribution is -2.17. The van der Waals surface area contributed by atoms with Gasteiger partial charge in [0, 0.05) is 5.39 Å². The summed E-state index contributed by atoms with van der Waals surface area (Å²) < 4.78 is 68.6. The molecule has 0 unspecified atom stereocenters. The highest BCUT2D eigenvalue weighted by atomic mass is 19.4. The average Bonchev–Trinajstić information content (AvgIpc) is 2.26. The number of fused-ring (bicyclic) bond motifs is 1. The molecule has 0 aliphatic heterocycles. The molecule has 19 heavy (non-hydrogen) atoms. The van der Waals surface area contributed by atoms with Gasteiger partial charge in [0.1, 0.15) is 11.5 Å². The highest BCUT2D eigenvalue weighted by Gasteiger charge is 2.31. The SMILES string of the molecule is FC(F)Oc1ccc2c(OC(F)(F)F)cccc2c1. The van der Waals surface area contributed by atoms with E-state index in [-0.39, 0.29) is 11.1 Å². The molecule has 0 aliphatic carbocycles. The number of halogens is 5. The Kier molecular flexibility index (Phi) is 3.46. The van der Waals surface area contributed by atoms with E-state index in [0.717, 1.165) is 12.1 Å². The van der Waals surface area contributed by atoms with Crippen LogP contribution in [0.3, 0.4) is 0 Å². The Morgan fingerprint density at radius 1 is 1.00 bits per heavy atom. The van der Waals surface area contributed by atoms with E-state index in [0.29, 0.717) is 5.39 Å². The van der Waals surface area contributed by atoms with Crippen molar-refractivity contribution in [3.05, 3.63) is 36.4 Å². The van der Waals surface area contributed by atoms with Gasteiger partial charge in [-0.05, 0) is 29.7 Å². The molecule has 0 spiro atoms. The van der Waals surface area contributed by atoms with Crippen LogP contribution >= 0.6 is 0 Å². The molecule has 0 heterocycles. The molecule has 0 bridgehead atoms. The average molecular weight is 278 g/mol. The van der Waals surface area contributed by atoms with Crippen molar-refractivity contribution < 1.29 is 31.4 Å². The Morgan fingerprint density at radius 3 is 2.37 bits per heavy atom. The van der Waals surface area contributed by atoms with Crippen LogP contribution in [0.1, 0.15) is 0 Å². The van der Waals surface area contributed by atoms with Crippen molar-refractivity contribution >= 4 is 10.8 Å². The normalized spacial score (nSPS) is 11.9. The summed E-state index contributed by atoms with van der Waals surface area (Å²) in [5, 5.41) is 0.460. The number of alkyl halides is 5. The molecule has 0 aliphatic rings. The summed E-state index contributed by atoms with van der Waals surface area (Å²) in [6, 6.07) is 7.53. The summed E-state index contributed by atoms with van der Waals surface area (Å²) in [5.41, 5.74) is 0. The molecule has 0 amide bonds. The molecule has 2 rings (SSSR count). The van der Waals surface area contributed by atoms with E-state index in [1.165, 1.54) is 24.3 Å². The molecule has 7 heteroatoms. The summed E-state index contributed by atoms with van der Waals surface area (Å²) in [5.74, 6) is -0.528. The number of hydrogen-bond acceptors (Lipinski definition) is 2. The van der Waals surface area contributed by atoms with E-state index in [1.807, 2.05) is 0 Å². The van der Waals surface area contributed by atoms with Gasteiger partial charge < -0.3 is 9.47 Å². The predicted octanol–water partition coefficient (Wildman–Crippen LogP) is 4.34. The second-order valence-corrected chi connectivity index (χ2v) is 3.57. The second kappa shape index (κ2) is 4.91. The van der Waals surface area contributed by atoms with Gasteiger partial charge in [0.2, 0.25) is 0 Å². The van der Waals surface area contributed by atoms with Gasteiger partial charge >= 0.3 is 13.0 Å². The molecule has 2 aromatic carbocycles. The summed E-state index contributed by atoms with van der Waals surface area (Å²) in [4.78, 5) is 0. The van der Waals surface area contributed by atoms with Crippen molar-refractivity contribution in [1.82, 2.24) is 0 Å². The van der Waals surface area contributed by atoms with E-state index in [9.17, 15) is 22.0 Å². The highest BCUT2D eigenvalue weighted by Crippen LogP contribution is 2.32. The molecule has 2 nitrogen and oxygen atoms in total. The summed E-state index contributed by atoms with van der Waals surface area (Å²) in [7, 11) is 0. The van der Waals surface area contributed by atoms with Gasteiger partial charge in [-0.2, -0.15) is 8.78 Å². The fourth-order valence-corrected chi connectivity index (χ4v) is 1.62. The topological polar surface area (TPSA) is 18.5 Å². The number of hydrogen-bond donors (Lipinski definition) is 0. The number of ether oxygens (including phenoxy) is 2. The minimum atomic E-state index is -4.81. The van der Waals surface area contributed by atoms with Crippen LogP contribution in [-0.2, 0) is 0 Å². The van der Waals surface area contributed by atoms with Crippen molar-refractivity contribution in [2.45, 2.75) is 13.0 Å². The Balaban J connectivity index is 2.41. The molecule has 0 saturated heterocycles. The van der Waals surface area contributed by atoms with Gasteiger partial charge in [-0.25, -0.2) is 0 Å². The zero-order valence-corrected chi connectivity index (χ0v) is 9.25. The molecule has 102 valence electrons. The van der Waals surface area contributed by atoms with E-state index in [4.69, 9.17) is 0 Å². The molecule has 0 N–H and O–H groups in total. The standard InChI is InChI=1S/C12H7F5O2/c13-11(14)18-8-4-5-9-7(6-8)2-1-3-10(9)19-12(15,16)17/h1-6,11H. The first kappa shape index (κ1) is 13.4. The van der Waals surface area contributed by atoms with Gasteiger partial charge in [-0.3, -0.25) is 0 Å². The molecular weight excluding hydrogens is 271 g/mol. The number of rotatable bonds is 3. The highest BCUT2D eigenvalue weighted by molar-refractivity contribution is 5.89. The fraction of sp³-hybridized carbons (Fsp3) is 0.167. The lowest BCUT2D eigenvalue weighted by Gasteiger charge is -2.12. The van der Waals surface area contributed by atoms with Crippen LogP contribution in [0.2, 0.25) is 0 Å². The van der Waals surface area contributed by atoms with Crippen molar-refractivity contribution in [2.24, 2.45) is 0 Å². The lowest BCUT2D eigenvalue weighted by atomic mass is 10.1. The zero-order chi connectivity index (χ0) is 14.0. The number of benzene rings is 2. The summed E-state index contributed by atoms with van der Waals surface area (Å²) in [6.45, 7) is -2.99. The third-order valence-electron chi connectivity index (χ3n) is 2.26. The van der Waals surface area contributed by atoms with Crippen molar-refractivity contribution in [1.29, 1.82) is 0 Å². The Bertz CT molecular complexity index is 580. The first-order valence-electron chi connectivity index (χ1n) is 5.08. The third kappa shape index (κ3) is 3.46. The van der Waals surface area contributed by atoms with Crippen LogP contribution < -0.4 is 9.47 Å². The fourth-order valence-electron chi connectivity index (χ4n) is 1.62. The second-order valence-electron chi connectivity index (χ2n) is 3.57. The maximum absolute atomic E-state index is 12.2. The van der Waals surface area contributed by atoms with E-state index in [2.05, 4.69) is 9.47 Å². The lowest BCUT2D eigenvalue weighted by molar-refractivity contribution is -0.274. The van der Waals surface area contributed by atoms with Crippen LogP contribution in [0, 0.1) is 0 Å². The summed E-state index contributed by atoms with van der Waals surface area (Å²) in [6.07, 6.45) is -4.81. The molecule has 0 saturated carbocycles. The minimum absolute atomic E-state index is 0.133. The van der Waals surface area contributed by atoms with Gasteiger partial charge in [-0.15, -0.1) is 13.2 Å². The van der Waals surface area contributed by atoms with Crippen molar-refractivity contribution in [2.75, 3.05) is 0 Å². The van der Waals surface area contributed by atoms with Gasteiger partial charge in [-0.1, -0.05) is 12.1 Å². The van der Waals surface area contributed by atoms with Gasteiger partial charge in [0.25, 0.3) is 0 Å². The van der Waals surface area contributed by atoms with Crippen molar-refractivity contribution in [3.8, 4) is 11.5 Å². The maximum atomic E-state index is 12.2. The largest absolute Gasteiger partial charge is 0.573 e. The first-order chi connectivity index (χ1) is 8.85. The molecule has 0 aromatic heterocycles. The van der Waals surface area contributed by atoms with E-state index < -0.39 is 18.7 Å². The molecule has 0 atom stereocenters. The molecule has 0 fully saturated rings.